The predicted octanol–water partition coefficient (Wildman–Crippen LogP) is 6.13. The highest BCUT2D eigenvalue weighted by Crippen LogP contribution is 2.37. The van der Waals surface area contributed by atoms with Crippen molar-refractivity contribution in [1.82, 2.24) is 9.97 Å². The van der Waals surface area contributed by atoms with Gasteiger partial charge in [-0.3, -0.25) is 0 Å². The predicted molar refractivity (Wildman–Crippen MR) is 118 cm³/mol. The SMILES string of the molecule is CCN(c1ncnc(Nc2cccc(C(F)(F)F)c2)c1N)c1cccc2ccccc12. The lowest BCUT2D eigenvalue weighted by molar-refractivity contribution is -0.137. The van der Waals surface area contributed by atoms with Crippen LogP contribution in [0.25, 0.3) is 10.8 Å². The maximum atomic E-state index is 13.0. The number of alkyl halides is 3. The van der Waals surface area contributed by atoms with Gasteiger partial charge >= 0.3 is 6.18 Å². The quantitative estimate of drug-likeness (QED) is 0.404. The normalized spacial score (nSPS) is 11.5. The molecule has 0 unspecified atom stereocenters. The van der Waals surface area contributed by atoms with Gasteiger partial charge in [0.25, 0.3) is 0 Å². The van der Waals surface area contributed by atoms with E-state index in [0.29, 0.717) is 12.4 Å². The number of aromatic nitrogens is 2. The molecule has 158 valence electrons. The highest BCUT2D eigenvalue weighted by Gasteiger charge is 2.30. The van der Waals surface area contributed by atoms with E-state index in [2.05, 4.69) is 15.3 Å². The van der Waals surface area contributed by atoms with Crippen LogP contribution in [0.3, 0.4) is 0 Å². The summed E-state index contributed by atoms with van der Waals surface area (Å²) in [6.07, 6.45) is -3.09. The molecular weight excluding hydrogens is 403 g/mol. The van der Waals surface area contributed by atoms with Crippen molar-refractivity contribution < 1.29 is 13.2 Å². The number of benzene rings is 3. The van der Waals surface area contributed by atoms with E-state index in [9.17, 15) is 13.2 Å². The number of halogens is 3. The van der Waals surface area contributed by atoms with Gasteiger partial charge in [-0.15, -0.1) is 0 Å². The van der Waals surface area contributed by atoms with Gasteiger partial charge < -0.3 is 16.0 Å². The number of anilines is 5. The van der Waals surface area contributed by atoms with Crippen molar-refractivity contribution in [1.29, 1.82) is 0 Å². The summed E-state index contributed by atoms with van der Waals surface area (Å²) in [5, 5.41) is 5.01. The number of fused-ring (bicyclic) bond motifs is 1. The molecule has 5 nitrogen and oxygen atoms in total. The molecule has 0 saturated carbocycles. The van der Waals surface area contributed by atoms with Crippen molar-refractivity contribution >= 4 is 39.5 Å². The minimum atomic E-state index is -4.44. The first-order chi connectivity index (χ1) is 14.9. The van der Waals surface area contributed by atoms with Crippen LogP contribution in [0, 0.1) is 0 Å². The van der Waals surface area contributed by atoms with Gasteiger partial charge in [0.1, 0.15) is 12.0 Å². The number of hydrogen-bond donors (Lipinski definition) is 2. The van der Waals surface area contributed by atoms with Crippen molar-refractivity contribution in [2.45, 2.75) is 13.1 Å². The van der Waals surface area contributed by atoms with Gasteiger partial charge in [0.05, 0.1) is 11.3 Å². The third kappa shape index (κ3) is 4.09. The van der Waals surface area contributed by atoms with Crippen LogP contribution < -0.4 is 16.0 Å². The van der Waals surface area contributed by atoms with Crippen molar-refractivity contribution in [2.75, 3.05) is 22.5 Å². The Kier molecular flexibility index (Phi) is 5.37. The molecule has 0 aliphatic carbocycles. The molecule has 1 heterocycles. The Morgan fingerprint density at radius 1 is 0.968 bits per heavy atom. The maximum Gasteiger partial charge on any atom is 0.416 e. The third-order valence-electron chi connectivity index (χ3n) is 4.94. The average molecular weight is 423 g/mol. The highest BCUT2D eigenvalue weighted by molar-refractivity contribution is 5.97. The minimum absolute atomic E-state index is 0.236. The summed E-state index contributed by atoms with van der Waals surface area (Å²) in [7, 11) is 0. The molecule has 4 aromatic rings. The van der Waals surface area contributed by atoms with Gasteiger partial charge in [-0.05, 0) is 36.6 Å². The zero-order chi connectivity index (χ0) is 22.0. The summed E-state index contributed by atoms with van der Waals surface area (Å²) >= 11 is 0. The number of nitrogens with zero attached hydrogens (tertiary/aromatic N) is 3. The van der Waals surface area contributed by atoms with Gasteiger partial charge in [0, 0.05) is 17.6 Å². The summed E-state index contributed by atoms with van der Waals surface area (Å²) in [5.41, 5.74) is 7.02. The van der Waals surface area contributed by atoms with Gasteiger partial charge in [-0.25, -0.2) is 9.97 Å². The van der Waals surface area contributed by atoms with Crippen LogP contribution in [0.15, 0.2) is 73.1 Å². The zero-order valence-electron chi connectivity index (χ0n) is 16.7. The van der Waals surface area contributed by atoms with Crippen LogP contribution in [-0.2, 0) is 6.18 Å². The largest absolute Gasteiger partial charge is 0.416 e. The van der Waals surface area contributed by atoms with Gasteiger partial charge in [0.2, 0.25) is 0 Å². The van der Waals surface area contributed by atoms with E-state index >= 15 is 0 Å². The fraction of sp³-hybridized carbons (Fsp3) is 0.130. The molecule has 3 N–H and O–H groups in total. The molecule has 8 heteroatoms. The van der Waals surface area contributed by atoms with Crippen LogP contribution in [-0.4, -0.2) is 16.5 Å². The minimum Gasteiger partial charge on any atom is -0.393 e. The van der Waals surface area contributed by atoms with Crippen LogP contribution in [0.5, 0.6) is 0 Å². The summed E-state index contributed by atoms with van der Waals surface area (Å²) in [6.45, 7) is 2.56. The van der Waals surface area contributed by atoms with E-state index in [1.165, 1.54) is 18.5 Å². The Balaban J connectivity index is 1.73. The van der Waals surface area contributed by atoms with Crippen molar-refractivity contribution in [3.8, 4) is 0 Å². The van der Waals surface area contributed by atoms with E-state index in [1.807, 2.05) is 54.3 Å². The molecule has 0 fully saturated rings. The number of nitrogens with one attached hydrogen (secondary N) is 1. The Hall–Kier alpha value is -3.81. The fourth-order valence-corrected chi connectivity index (χ4v) is 3.49. The fourth-order valence-electron chi connectivity index (χ4n) is 3.49. The maximum absolute atomic E-state index is 13.0. The molecule has 31 heavy (non-hydrogen) atoms. The van der Waals surface area contributed by atoms with E-state index < -0.39 is 11.7 Å². The smallest absolute Gasteiger partial charge is 0.393 e. The number of hydrogen-bond acceptors (Lipinski definition) is 5. The summed E-state index contributed by atoms with van der Waals surface area (Å²) < 4.78 is 39.1. The molecular formula is C23H20F3N5. The third-order valence-corrected chi connectivity index (χ3v) is 4.94. The Morgan fingerprint density at radius 3 is 2.48 bits per heavy atom. The first kappa shape index (κ1) is 20.5. The van der Waals surface area contributed by atoms with E-state index in [0.717, 1.165) is 28.6 Å². The first-order valence-electron chi connectivity index (χ1n) is 9.68. The molecule has 0 radical (unpaired) electrons. The number of rotatable bonds is 5. The molecule has 0 amide bonds. The Labute approximate surface area is 177 Å². The van der Waals surface area contributed by atoms with Gasteiger partial charge in [-0.2, -0.15) is 13.2 Å². The van der Waals surface area contributed by atoms with Crippen molar-refractivity contribution in [2.24, 2.45) is 0 Å². The first-order valence-corrected chi connectivity index (χ1v) is 9.68. The second-order valence-electron chi connectivity index (χ2n) is 6.91. The molecule has 0 aliphatic heterocycles. The Bertz CT molecular complexity index is 1220. The lowest BCUT2D eigenvalue weighted by Gasteiger charge is -2.25. The molecule has 0 spiro atoms. The van der Waals surface area contributed by atoms with Crippen LogP contribution in [0.2, 0.25) is 0 Å². The second kappa shape index (κ2) is 8.14. The zero-order valence-corrected chi connectivity index (χ0v) is 16.7. The lowest BCUT2D eigenvalue weighted by atomic mass is 10.1. The Morgan fingerprint density at radius 2 is 1.71 bits per heavy atom. The van der Waals surface area contributed by atoms with Gasteiger partial charge in [-0.1, -0.05) is 42.5 Å². The molecule has 4 rings (SSSR count). The van der Waals surface area contributed by atoms with Crippen molar-refractivity contribution in [3.05, 3.63) is 78.6 Å². The van der Waals surface area contributed by atoms with Crippen LogP contribution in [0.4, 0.5) is 41.9 Å². The monoisotopic (exact) mass is 423 g/mol. The molecule has 3 aromatic carbocycles. The van der Waals surface area contributed by atoms with E-state index in [4.69, 9.17) is 5.73 Å². The van der Waals surface area contributed by atoms with E-state index in [-0.39, 0.29) is 17.2 Å². The van der Waals surface area contributed by atoms with Crippen molar-refractivity contribution in [3.63, 3.8) is 0 Å². The van der Waals surface area contributed by atoms with Crippen LogP contribution >= 0.6 is 0 Å². The summed E-state index contributed by atoms with van der Waals surface area (Å²) in [5.74, 6) is 0.714. The standard InChI is InChI=1S/C23H20F3N5/c1-2-31(19-12-5-8-15-7-3-4-11-18(15)19)22-20(27)21(28-14-29-22)30-17-10-6-9-16(13-17)23(24,25)26/h3-14H,2,27H2,1H3,(H,28,29,30). The molecule has 0 atom stereocenters. The summed E-state index contributed by atoms with van der Waals surface area (Å²) in [6, 6.07) is 18.8. The van der Waals surface area contributed by atoms with E-state index in [1.54, 1.807) is 0 Å². The molecule has 0 bridgehead atoms. The molecule has 0 aliphatic rings. The number of nitrogen functional groups attached to an aromatic ring is 1. The highest BCUT2D eigenvalue weighted by atomic mass is 19.4. The number of nitrogens with two attached hydrogens (primary N) is 1. The average Bonchev–Trinajstić information content (AvgIpc) is 2.76. The second-order valence-corrected chi connectivity index (χ2v) is 6.91. The van der Waals surface area contributed by atoms with Crippen LogP contribution in [0.1, 0.15) is 12.5 Å². The van der Waals surface area contributed by atoms with Gasteiger partial charge in [0.15, 0.2) is 11.6 Å². The topological polar surface area (TPSA) is 67.1 Å². The lowest BCUT2D eigenvalue weighted by Crippen LogP contribution is -2.20. The molecule has 0 saturated heterocycles. The molecule has 1 aromatic heterocycles. The summed E-state index contributed by atoms with van der Waals surface area (Å²) in [4.78, 5) is 10.5.